The van der Waals surface area contributed by atoms with Crippen molar-refractivity contribution in [3.05, 3.63) is 64.3 Å². The fraction of sp³-hybridized carbons (Fsp3) is 0.118. The Hall–Kier alpha value is -1.87. The molecule has 100 valence electrons. The first-order valence-electron chi connectivity index (χ1n) is 6.44. The fourth-order valence-corrected chi connectivity index (χ4v) is 2.50. The molecule has 1 heterocycles. The molecule has 0 radical (unpaired) electrons. The van der Waals surface area contributed by atoms with E-state index >= 15 is 0 Å². The van der Waals surface area contributed by atoms with E-state index in [1.165, 1.54) is 0 Å². The molecule has 1 aromatic heterocycles. The number of para-hydroxylation sites is 1. The maximum atomic E-state index is 6.11. The standard InChI is InChI=1S/C17H14BrNO/c1-11-7-8-13(18)10-16(11)20-17-9-12(2)19-15-6-4-3-5-14(15)17/h3-10H,1-2H3. The van der Waals surface area contributed by atoms with Crippen molar-refractivity contribution in [2.24, 2.45) is 0 Å². The maximum Gasteiger partial charge on any atom is 0.138 e. The molecule has 0 amide bonds. The molecule has 0 N–H and O–H groups in total. The van der Waals surface area contributed by atoms with Gasteiger partial charge in [-0.1, -0.05) is 34.1 Å². The molecule has 0 aliphatic carbocycles. The summed E-state index contributed by atoms with van der Waals surface area (Å²) in [5.74, 6) is 1.70. The number of aryl methyl sites for hydroxylation is 2. The molecule has 3 aromatic rings. The van der Waals surface area contributed by atoms with Crippen LogP contribution in [0.5, 0.6) is 11.5 Å². The Morgan fingerprint density at radius 1 is 0.950 bits per heavy atom. The fourth-order valence-electron chi connectivity index (χ4n) is 2.16. The third-order valence-electron chi connectivity index (χ3n) is 3.18. The van der Waals surface area contributed by atoms with Crippen LogP contribution in [0.15, 0.2) is 53.0 Å². The van der Waals surface area contributed by atoms with Crippen molar-refractivity contribution in [2.45, 2.75) is 13.8 Å². The third-order valence-corrected chi connectivity index (χ3v) is 3.67. The van der Waals surface area contributed by atoms with Gasteiger partial charge in [-0.2, -0.15) is 0 Å². The molecule has 0 saturated heterocycles. The Balaban J connectivity index is 2.13. The van der Waals surface area contributed by atoms with E-state index in [2.05, 4.69) is 20.9 Å². The Labute approximate surface area is 126 Å². The summed E-state index contributed by atoms with van der Waals surface area (Å²) < 4.78 is 7.12. The molecule has 0 fully saturated rings. The van der Waals surface area contributed by atoms with Crippen LogP contribution in [0.4, 0.5) is 0 Å². The van der Waals surface area contributed by atoms with Gasteiger partial charge in [0.25, 0.3) is 0 Å². The van der Waals surface area contributed by atoms with Crippen LogP contribution in [0, 0.1) is 13.8 Å². The lowest BCUT2D eigenvalue weighted by Gasteiger charge is -2.12. The predicted octanol–water partition coefficient (Wildman–Crippen LogP) is 5.41. The van der Waals surface area contributed by atoms with E-state index in [0.717, 1.165) is 38.1 Å². The van der Waals surface area contributed by atoms with Crippen LogP contribution in [0.1, 0.15) is 11.3 Å². The van der Waals surface area contributed by atoms with Crippen LogP contribution in [0.25, 0.3) is 10.9 Å². The Bertz CT molecular complexity index is 783. The topological polar surface area (TPSA) is 22.1 Å². The Morgan fingerprint density at radius 2 is 1.75 bits per heavy atom. The lowest BCUT2D eigenvalue weighted by Crippen LogP contribution is -1.92. The normalized spacial score (nSPS) is 10.8. The molecular formula is C17H14BrNO. The highest BCUT2D eigenvalue weighted by Crippen LogP contribution is 2.32. The molecule has 0 spiro atoms. The average Bonchev–Trinajstić information content (AvgIpc) is 2.43. The summed E-state index contributed by atoms with van der Waals surface area (Å²) >= 11 is 3.48. The summed E-state index contributed by atoms with van der Waals surface area (Å²) in [7, 11) is 0. The van der Waals surface area contributed by atoms with E-state index in [9.17, 15) is 0 Å². The first-order chi connectivity index (χ1) is 9.63. The lowest BCUT2D eigenvalue weighted by molar-refractivity contribution is 0.483. The molecule has 0 unspecified atom stereocenters. The van der Waals surface area contributed by atoms with Gasteiger partial charge in [-0.05, 0) is 43.7 Å². The van der Waals surface area contributed by atoms with Crippen molar-refractivity contribution >= 4 is 26.8 Å². The van der Waals surface area contributed by atoms with Crippen molar-refractivity contribution < 1.29 is 4.74 Å². The summed E-state index contributed by atoms with van der Waals surface area (Å²) in [6.45, 7) is 4.02. The minimum atomic E-state index is 0.842. The second-order valence-electron chi connectivity index (χ2n) is 4.79. The maximum absolute atomic E-state index is 6.11. The van der Waals surface area contributed by atoms with Crippen molar-refractivity contribution in [2.75, 3.05) is 0 Å². The van der Waals surface area contributed by atoms with Crippen LogP contribution in [0.2, 0.25) is 0 Å². The Morgan fingerprint density at radius 3 is 2.60 bits per heavy atom. The van der Waals surface area contributed by atoms with Gasteiger partial charge in [0.05, 0.1) is 5.52 Å². The average molecular weight is 328 g/mol. The van der Waals surface area contributed by atoms with Gasteiger partial charge in [0, 0.05) is 21.6 Å². The van der Waals surface area contributed by atoms with Gasteiger partial charge in [-0.25, -0.2) is 0 Å². The van der Waals surface area contributed by atoms with Crippen molar-refractivity contribution in [1.29, 1.82) is 0 Å². The predicted molar refractivity (Wildman–Crippen MR) is 85.4 cm³/mol. The second kappa shape index (κ2) is 5.25. The summed E-state index contributed by atoms with van der Waals surface area (Å²) in [6, 6.07) is 16.0. The van der Waals surface area contributed by atoms with Crippen molar-refractivity contribution in [3.63, 3.8) is 0 Å². The Kier molecular flexibility index (Phi) is 3.45. The number of aromatic nitrogens is 1. The van der Waals surface area contributed by atoms with Crippen LogP contribution in [-0.4, -0.2) is 4.98 Å². The van der Waals surface area contributed by atoms with Crippen LogP contribution in [0.3, 0.4) is 0 Å². The highest BCUT2D eigenvalue weighted by atomic mass is 79.9. The minimum Gasteiger partial charge on any atom is -0.456 e. The largest absolute Gasteiger partial charge is 0.456 e. The quantitative estimate of drug-likeness (QED) is 0.628. The number of ether oxygens (including phenoxy) is 1. The number of pyridine rings is 1. The highest BCUT2D eigenvalue weighted by molar-refractivity contribution is 9.10. The zero-order chi connectivity index (χ0) is 14.1. The monoisotopic (exact) mass is 327 g/mol. The first-order valence-corrected chi connectivity index (χ1v) is 7.23. The van der Waals surface area contributed by atoms with Gasteiger partial charge in [0.1, 0.15) is 11.5 Å². The van der Waals surface area contributed by atoms with Crippen LogP contribution in [-0.2, 0) is 0 Å². The summed E-state index contributed by atoms with van der Waals surface area (Å²) in [5, 5.41) is 1.03. The summed E-state index contributed by atoms with van der Waals surface area (Å²) in [6.07, 6.45) is 0. The lowest BCUT2D eigenvalue weighted by atomic mass is 10.2. The number of rotatable bonds is 2. The van der Waals surface area contributed by atoms with E-state index in [-0.39, 0.29) is 0 Å². The van der Waals surface area contributed by atoms with Gasteiger partial charge in [-0.3, -0.25) is 4.98 Å². The van der Waals surface area contributed by atoms with E-state index < -0.39 is 0 Å². The summed E-state index contributed by atoms with van der Waals surface area (Å²) in [5.41, 5.74) is 3.01. The van der Waals surface area contributed by atoms with Crippen LogP contribution < -0.4 is 4.74 Å². The van der Waals surface area contributed by atoms with Crippen molar-refractivity contribution in [3.8, 4) is 11.5 Å². The molecule has 0 saturated carbocycles. The molecule has 20 heavy (non-hydrogen) atoms. The van der Waals surface area contributed by atoms with E-state index in [4.69, 9.17) is 4.74 Å². The zero-order valence-electron chi connectivity index (χ0n) is 11.4. The van der Waals surface area contributed by atoms with Gasteiger partial charge in [-0.15, -0.1) is 0 Å². The smallest absolute Gasteiger partial charge is 0.138 e. The highest BCUT2D eigenvalue weighted by Gasteiger charge is 2.08. The molecular weight excluding hydrogens is 314 g/mol. The number of hydrogen-bond acceptors (Lipinski definition) is 2. The SMILES string of the molecule is Cc1cc(Oc2cc(Br)ccc2C)c2ccccc2n1. The number of benzene rings is 2. The molecule has 3 rings (SSSR count). The van der Waals surface area contributed by atoms with Gasteiger partial charge in [0.15, 0.2) is 0 Å². The summed E-state index contributed by atoms with van der Waals surface area (Å²) in [4.78, 5) is 4.53. The molecule has 3 heteroatoms. The van der Waals surface area contributed by atoms with Gasteiger partial charge >= 0.3 is 0 Å². The first kappa shape index (κ1) is 13.1. The van der Waals surface area contributed by atoms with E-state index in [1.807, 2.05) is 62.4 Å². The van der Waals surface area contributed by atoms with Gasteiger partial charge in [0.2, 0.25) is 0 Å². The zero-order valence-corrected chi connectivity index (χ0v) is 12.9. The third kappa shape index (κ3) is 2.54. The van der Waals surface area contributed by atoms with E-state index in [1.54, 1.807) is 0 Å². The number of hydrogen-bond donors (Lipinski definition) is 0. The molecule has 0 aliphatic rings. The second-order valence-corrected chi connectivity index (χ2v) is 5.71. The van der Waals surface area contributed by atoms with Crippen LogP contribution >= 0.6 is 15.9 Å². The molecule has 0 aliphatic heterocycles. The molecule has 2 nitrogen and oxygen atoms in total. The molecule has 2 aromatic carbocycles. The van der Waals surface area contributed by atoms with Gasteiger partial charge < -0.3 is 4.74 Å². The number of nitrogens with zero attached hydrogens (tertiary/aromatic N) is 1. The number of halogens is 1. The minimum absolute atomic E-state index is 0.842. The van der Waals surface area contributed by atoms with E-state index in [0.29, 0.717) is 0 Å². The number of fused-ring (bicyclic) bond motifs is 1. The van der Waals surface area contributed by atoms with Crippen molar-refractivity contribution in [1.82, 2.24) is 4.98 Å². The molecule has 0 atom stereocenters. The molecule has 0 bridgehead atoms.